The fourth-order valence-corrected chi connectivity index (χ4v) is 3.06. The molecule has 6 nitrogen and oxygen atoms in total. The van der Waals surface area contributed by atoms with Crippen LogP contribution >= 0.6 is 0 Å². The second-order valence-electron chi connectivity index (χ2n) is 7.04. The molecule has 0 bridgehead atoms. The van der Waals surface area contributed by atoms with Crippen LogP contribution in [0, 0.1) is 5.82 Å². The van der Waals surface area contributed by atoms with Gasteiger partial charge < -0.3 is 15.4 Å². The largest absolute Gasteiger partial charge is 0.467 e. The maximum absolute atomic E-state index is 14.0. The number of alkyl halides is 3. The molecule has 0 unspecified atom stereocenters. The first-order valence-electron chi connectivity index (χ1n) is 9.56. The van der Waals surface area contributed by atoms with Crippen molar-refractivity contribution in [2.75, 3.05) is 7.11 Å². The Labute approximate surface area is 181 Å². The van der Waals surface area contributed by atoms with Crippen molar-refractivity contribution >= 4 is 17.8 Å². The van der Waals surface area contributed by atoms with E-state index in [1.54, 1.807) is 6.07 Å². The molecular weight excluding hydrogens is 432 g/mol. The number of hydrogen-bond donors (Lipinski definition) is 2. The van der Waals surface area contributed by atoms with E-state index >= 15 is 0 Å². The van der Waals surface area contributed by atoms with Gasteiger partial charge in [0.25, 0.3) is 0 Å². The summed E-state index contributed by atoms with van der Waals surface area (Å²) >= 11 is 0. The second kappa shape index (κ2) is 10.7. The molecule has 0 saturated carbocycles. The van der Waals surface area contributed by atoms with Crippen LogP contribution in [0.2, 0.25) is 0 Å². The van der Waals surface area contributed by atoms with E-state index in [1.807, 2.05) is 0 Å². The number of methoxy groups -OCH3 is 1. The highest BCUT2D eigenvalue weighted by molar-refractivity contribution is 5.90. The third-order valence-electron chi connectivity index (χ3n) is 4.57. The molecule has 2 aromatic carbocycles. The van der Waals surface area contributed by atoms with Gasteiger partial charge in [0.15, 0.2) is 0 Å². The molecule has 2 atom stereocenters. The summed E-state index contributed by atoms with van der Waals surface area (Å²) in [6.07, 6.45) is -5.05. The molecule has 10 heteroatoms. The van der Waals surface area contributed by atoms with E-state index in [1.165, 1.54) is 37.3 Å². The van der Waals surface area contributed by atoms with Crippen molar-refractivity contribution in [2.45, 2.75) is 38.0 Å². The lowest BCUT2D eigenvalue weighted by atomic mass is 10.0. The van der Waals surface area contributed by atoms with E-state index < -0.39 is 47.4 Å². The average Bonchev–Trinajstić information content (AvgIpc) is 2.73. The lowest BCUT2D eigenvalue weighted by Gasteiger charge is -2.22. The molecular formula is C22H22F4N2O4. The highest BCUT2D eigenvalue weighted by Gasteiger charge is 2.32. The quantitative estimate of drug-likeness (QED) is 0.475. The summed E-state index contributed by atoms with van der Waals surface area (Å²) in [7, 11) is 1.07. The number of halogens is 4. The van der Waals surface area contributed by atoms with Gasteiger partial charge in [-0.15, -0.1) is 0 Å². The third-order valence-corrected chi connectivity index (χ3v) is 4.57. The number of amides is 2. The smallest absolute Gasteiger partial charge is 0.416 e. The summed E-state index contributed by atoms with van der Waals surface area (Å²) in [6, 6.07) is 7.44. The van der Waals surface area contributed by atoms with Crippen molar-refractivity contribution in [1.29, 1.82) is 0 Å². The minimum atomic E-state index is -4.57. The van der Waals surface area contributed by atoms with Crippen LogP contribution in [0.1, 0.15) is 23.6 Å². The van der Waals surface area contributed by atoms with Crippen LogP contribution in [0.5, 0.6) is 0 Å². The predicted molar refractivity (Wildman–Crippen MR) is 107 cm³/mol. The van der Waals surface area contributed by atoms with Crippen LogP contribution in [0.4, 0.5) is 17.6 Å². The molecule has 172 valence electrons. The summed E-state index contributed by atoms with van der Waals surface area (Å²) in [5.74, 6) is -2.84. The van der Waals surface area contributed by atoms with Gasteiger partial charge in [-0.1, -0.05) is 36.4 Å². The van der Waals surface area contributed by atoms with Gasteiger partial charge in [-0.05, 0) is 23.3 Å². The summed E-state index contributed by atoms with van der Waals surface area (Å²) in [5.41, 5.74) is -0.602. The molecule has 0 spiro atoms. The normalized spacial score (nSPS) is 13.1. The molecule has 0 aromatic heterocycles. The molecule has 0 aliphatic heterocycles. The Hall–Kier alpha value is -3.43. The van der Waals surface area contributed by atoms with Crippen LogP contribution in [0.15, 0.2) is 48.5 Å². The van der Waals surface area contributed by atoms with Crippen molar-refractivity contribution in [2.24, 2.45) is 0 Å². The number of nitrogens with one attached hydrogen (secondary N) is 2. The number of hydrogen-bond acceptors (Lipinski definition) is 4. The van der Waals surface area contributed by atoms with Crippen LogP contribution in [-0.2, 0) is 38.1 Å². The number of carbonyl (C=O) groups excluding carboxylic acids is 3. The second-order valence-corrected chi connectivity index (χ2v) is 7.04. The number of esters is 1. The van der Waals surface area contributed by atoms with Gasteiger partial charge >= 0.3 is 12.1 Å². The van der Waals surface area contributed by atoms with Gasteiger partial charge in [0.1, 0.15) is 17.9 Å². The number of rotatable bonds is 8. The molecule has 0 radical (unpaired) electrons. The average molecular weight is 454 g/mol. The first-order valence-corrected chi connectivity index (χ1v) is 9.56. The molecule has 0 fully saturated rings. The van der Waals surface area contributed by atoms with Crippen molar-refractivity contribution in [3.63, 3.8) is 0 Å². The summed E-state index contributed by atoms with van der Waals surface area (Å²) in [4.78, 5) is 36.5. The maximum atomic E-state index is 14.0. The highest BCUT2D eigenvalue weighted by atomic mass is 19.4. The zero-order valence-electron chi connectivity index (χ0n) is 17.3. The minimum Gasteiger partial charge on any atom is -0.467 e. The molecule has 0 heterocycles. The Balaban J connectivity index is 2.23. The lowest BCUT2D eigenvalue weighted by Crippen LogP contribution is -2.53. The SMILES string of the molecule is COC(=O)[C@H](Cc1cccc(C(F)(F)F)c1)NC(=O)[C@H](Cc1ccccc1F)NC(C)=O. The van der Waals surface area contributed by atoms with Crippen LogP contribution < -0.4 is 10.6 Å². The number of benzene rings is 2. The van der Waals surface area contributed by atoms with Crippen LogP contribution in [0.25, 0.3) is 0 Å². The Bertz CT molecular complexity index is 978. The fourth-order valence-electron chi connectivity index (χ4n) is 3.06. The predicted octanol–water partition coefficient (Wildman–Crippen LogP) is 2.79. The van der Waals surface area contributed by atoms with E-state index in [0.29, 0.717) is 0 Å². The Morgan fingerprint density at radius 3 is 2.25 bits per heavy atom. The molecule has 0 aliphatic rings. The van der Waals surface area contributed by atoms with E-state index in [-0.39, 0.29) is 24.0 Å². The van der Waals surface area contributed by atoms with Gasteiger partial charge in [0.05, 0.1) is 12.7 Å². The summed E-state index contributed by atoms with van der Waals surface area (Å²) in [6.45, 7) is 1.17. The fraction of sp³-hybridized carbons (Fsp3) is 0.318. The zero-order chi connectivity index (χ0) is 23.9. The first-order chi connectivity index (χ1) is 15.0. The Morgan fingerprint density at radius 2 is 1.66 bits per heavy atom. The van der Waals surface area contributed by atoms with Crippen molar-refractivity contribution in [3.8, 4) is 0 Å². The van der Waals surface area contributed by atoms with Crippen molar-refractivity contribution < 1.29 is 36.7 Å². The monoisotopic (exact) mass is 454 g/mol. The summed E-state index contributed by atoms with van der Waals surface area (Å²) in [5, 5.41) is 4.78. The van der Waals surface area contributed by atoms with Crippen LogP contribution in [-0.4, -0.2) is 37.0 Å². The van der Waals surface area contributed by atoms with E-state index in [0.717, 1.165) is 19.2 Å². The topological polar surface area (TPSA) is 84.5 Å². The van der Waals surface area contributed by atoms with Crippen LogP contribution in [0.3, 0.4) is 0 Å². The molecule has 2 rings (SSSR count). The number of carbonyl (C=O) groups is 3. The first kappa shape index (κ1) is 24.8. The standard InChI is InChI=1S/C22H22F4N2O4/c1-13(29)27-18(12-15-7-3-4-9-17(15)23)20(30)28-19(21(31)32-2)11-14-6-5-8-16(10-14)22(24,25)26/h3-10,18-19H,11-12H2,1-2H3,(H,27,29)(H,28,30)/t18-,19-/m0/s1. The van der Waals surface area contributed by atoms with Crippen molar-refractivity contribution in [3.05, 3.63) is 71.0 Å². The Morgan fingerprint density at radius 1 is 0.969 bits per heavy atom. The van der Waals surface area contributed by atoms with E-state index in [2.05, 4.69) is 15.4 Å². The molecule has 2 aromatic rings. The van der Waals surface area contributed by atoms with Gasteiger partial charge in [0.2, 0.25) is 11.8 Å². The molecule has 32 heavy (non-hydrogen) atoms. The zero-order valence-corrected chi connectivity index (χ0v) is 17.3. The van der Waals surface area contributed by atoms with Crippen molar-refractivity contribution in [1.82, 2.24) is 10.6 Å². The molecule has 2 amide bonds. The van der Waals surface area contributed by atoms with Gasteiger partial charge in [-0.2, -0.15) is 13.2 Å². The highest BCUT2D eigenvalue weighted by Crippen LogP contribution is 2.29. The maximum Gasteiger partial charge on any atom is 0.416 e. The van der Waals surface area contributed by atoms with Gasteiger partial charge in [-0.25, -0.2) is 9.18 Å². The van der Waals surface area contributed by atoms with Gasteiger partial charge in [0, 0.05) is 19.8 Å². The Kier molecular flexibility index (Phi) is 8.34. The molecule has 2 N–H and O–H groups in total. The molecule has 0 saturated heterocycles. The lowest BCUT2D eigenvalue weighted by molar-refractivity contribution is -0.145. The van der Waals surface area contributed by atoms with Gasteiger partial charge in [-0.3, -0.25) is 9.59 Å². The molecule has 0 aliphatic carbocycles. The minimum absolute atomic E-state index is 0.140. The third kappa shape index (κ3) is 7.07. The van der Waals surface area contributed by atoms with E-state index in [4.69, 9.17) is 0 Å². The summed E-state index contributed by atoms with van der Waals surface area (Å²) < 4.78 is 57.6. The van der Waals surface area contributed by atoms with E-state index in [9.17, 15) is 31.9 Å². The number of ether oxygens (including phenoxy) is 1.